The molecule has 0 aliphatic rings. The lowest BCUT2D eigenvalue weighted by Gasteiger charge is -2.20. The highest BCUT2D eigenvalue weighted by atomic mass is 32.2. The Morgan fingerprint density at radius 2 is 2.35 bits per heavy atom. The Kier molecular flexibility index (Phi) is 6.85. The van der Waals surface area contributed by atoms with Crippen LogP contribution in [-0.2, 0) is 4.79 Å². The summed E-state index contributed by atoms with van der Waals surface area (Å²) >= 11 is 1.51. The number of rotatable bonds is 6. The van der Waals surface area contributed by atoms with Crippen LogP contribution in [0.15, 0.2) is 30.3 Å². The number of nitriles is 1. The molecule has 2 unspecified atom stereocenters. The molecule has 0 radical (unpaired) electrons. The van der Waals surface area contributed by atoms with Crippen molar-refractivity contribution in [1.82, 2.24) is 5.32 Å². The molecule has 0 saturated heterocycles. The molecule has 1 aromatic rings. The number of amides is 1. The van der Waals surface area contributed by atoms with E-state index in [1.165, 1.54) is 17.8 Å². The number of thioether (sulfide) groups is 1. The van der Waals surface area contributed by atoms with Gasteiger partial charge in [-0.1, -0.05) is 12.1 Å². The van der Waals surface area contributed by atoms with E-state index >= 15 is 0 Å². The maximum absolute atomic E-state index is 11.8. The van der Waals surface area contributed by atoms with Gasteiger partial charge in [-0.25, -0.2) is 0 Å². The van der Waals surface area contributed by atoms with Crippen LogP contribution in [-0.4, -0.2) is 35.2 Å². The standard InChI is InChI=1S/C15H18N2O2S/c1-11(14(10-18)20-2)17-15(19)7-6-12-4-3-5-13(8-12)9-16/h3-8,11,14,18H,10H2,1-2H3,(H,17,19)/b7-6+. The molecular weight excluding hydrogens is 272 g/mol. The van der Waals surface area contributed by atoms with E-state index in [1.54, 1.807) is 24.3 Å². The first-order valence-electron chi connectivity index (χ1n) is 6.23. The molecule has 20 heavy (non-hydrogen) atoms. The fourth-order valence-electron chi connectivity index (χ4n) is 1.69. The molecule has 106 valence electrons. The molecule has 0 aliphatic carbocycles. The first-order chi connectivity index (χ1) is 9.60. The van der Waals surface area contributed by atoms with Gasteiger partial charge in [0.25, 0.3) is 0 Å². The molecule has 2 N–H and O–H groups in total. The van der Waals surface area contributed by atoms with Crippen molar-refractivity contribution in [1.29, 1.82) is 5.26 Å². The summed E-state index contributed by atoms with van der Waals surface area (Å²) in [5.74, 6) is -0.215. The van der Waals surface area contributed by atoms with Crippen molar-refractivity contribution in [2.24, 2.45) is 0 Å². The highest BCUT2D eigenvalue weighted by Crippen LogP contribution is 2.10. The van der Waals surface area contributed by atoms with Gasteiger partial charge in [-0.3, -0.25) is 4.79 Å². The zero-order chi connectivity index (χ0) is 15.0. The Balaban J connectivity index is 2.61. The summed E-state index contributed by atoms with van der Waals surface area (Å²) in [6.45, 7) is 1.88. The molecule has 0 aromatic heterocycles. The van der Waals surface area contributed by atoms with Crippen molar-refractivity contribution in [2.45, 2.75) is 18.2 Å². The van der Waals surface area contributed by atoms with Crippen molar-refractivity contribution >= 4 is 23.7 Å². The lowest BCUT2D eigenvalue weighted by atomic mass is 10.1. The number of carbonyl (C=O) groups is 1. The van der Waals surface area contributed by atoms with Crippen molar-refractivity contribution < 1.29 is 9.90 Å². The van der Waals surface area contributed by atoms with Gasteiger partial charge in [0.15, 0.2) is 0 Å². The van der Waals surface area contributed by atoms with E-state index in [2.05, 4.69) is 11.4 Å². The summed E-state index contributed by atoms with van der Waals surface area (Å²) in [5, 5.41) is 20.7. The Bertz CT molecular complexity index is 519. The van der Waals surface area contributed by atoms with Crippen molar-refractivity contribution in [2.75, 3.05) is 12.9 Å². The zero-order valence-electron chi connectivity index (χ0n) is 11.5. The van der Waals surface area contributed by atoms with Gasteiger partial charge in [0.1, 0.15) is 0 Å². The normalized spacial score (nSPS) is 13.7. The number of benzene rings is 1. The van der Waals surface area contributed by atoms with Gasteiger partial charge in [-0.15, -0.1) is 0 Å². The number of aliphatic hydroxyl groups is 1. The Hall–Kier alpha value is -1.77. The average molecular weight is 290 g/mol. The van der Waals surface area contributed by atoms with E-state index in [1.807, 2.05) is 19.2 Å². The van der Waals surface area contributed by atoms with E-state index in [9.17, 15) is 4.79 Å². The first-order valence-corrected chi connectivity index (χ1v) is 7.52. The van der Waals surface area contributed by atoms with Gasteiger partial charge in [0.2, 0.25) is 5.91 Å². The summed E-state index contributed by atoms with van der Waals surface area (Å²) in [6.07, 6.45) is 4.99. The van der Waals surface area contributed by atoms with Crippen LogP contribution in [0.4, 0.5) is 0 Å². The highest BCUT2D eigenvalue weighted by molar-refractivity contribution is 7.99. The van der Waals surface area contributed by atoms with Gasteiger partial charge in [-0.2, -0.15) is 17.0 Å². The van der Waals surface area contributed by atoms with Crippen molar-refractivity contribution in [3.63, 3.8) is 0 Å². The summed E-state index contributed by atoms with van der Waals surface area (Å²) in [4.78, 5) is 11.8. The van der Waals surface area contributed by atoms with E-state index in [0.29, 0.717) is 5.56 Å². The molecule has 1 aromatic carbocycles. The predicted molar refractivity (Wildman–Crippen MR) is 82.2 cm³/mol. The van der Waals surface area contributed by atoms with Crippen molar-refractivity contribution in [3.8, 4) is 6.07 Å². The molecule has 4 nitrogen and oxygen atoms in total. The Morgan fingerprint density at radius 1 is 1.60 bits per heavy atom. The molecule has 1 amide bonds. The molecular formula is C15H18N2O2S. The third-order valence-electron chi connectivity index (χ3n) is 2.85. The lowest BCUT2D eigenvalue weighted by Crippen LogP contribution is -2.40. The molecule has 0 heterocycles. The second kappa shape index (κ2) is 8.41. The molecule has 0 saturated carbocycles. The van der Waals surface area contributed by atoms with Gasteiger partial charge >= 0.3 is 0 Å². The van der Waals surface area contributed by atoms with Gasteiger partial charge < -0.3 is 10.4 Å². The Labute approximate surface area is 123 Å². The minimum Gasteiger partial charge on any atom is -0.395 e. The van der Waals surface area contributed by atoms with E-state index < -0.39 is 0 Å². The van der Waals surface area contributed by atoms with Crippen molar-refractivity contribution in [3.05, 3.63) is 41.5 Å². The van der Waals surface area contributed by atoms with E-state index in [-0.39, 0.29) is 23.8 Å². The van der Waals surface area contributed by atoms with E-state index in [4.69, 9.17) is 10.4 Å². The summed E-state index contributed by atoms with van der Waals surface area (Å²) in [5.41, 5.74) is 1.36. The monoisotopic (exact) mass is 290 g/mol. The quantitative estimate of drug-likeness (QED) is 0.784. The smallest absolute Gasteiger partial charge is 0.244 e. The van der Waals surface area contributed by atoms with E-state index in [0.717, 1.165) is 5.56 Å². The van der Waals surface area contributed by atoms with Crippen LogP contribution in [0.25, 0.3) is 6.08 Å². The molecule has 2 atom stereocenters. The summed E-state index contributed by atoms with van der Waals surface area (Å²) < 4.78 is 0. The minimum atomic E-state index is -0.215. The topological polar surface area (TPSA) is 73.1 Å². The molecule has 5 heteroatoms. The second-order valence-electron chi connectivity index (χ2n) is 4.32. The van der Waals surface area contributed by atoms with Gasteiger partial charge in [-0.05, 0) is 37.0 Å². The number of carbonyl (C=O) groups excluding carboxylic acids is 1. The van der Waals surface area contributed by atoms with Crippen LogP contribution in [0.2, 0.25) is 0 Å². The van der Waals surface area contributed by atoms with Crippen LogP contribution in [0.1, 0.15) is 18.1 Å². The zero-order valence-corrected chi connectivity index (χ0v) is 12.4. The molecule has 0 bridgehead atoms. The predicted octanol–water partition coefficient (Wildman–Crippen LogP) is 1.80. The SMILES string of the molecule is CSC(CO)C(C)NC(=O)/C=C/c1cccc(C#N)c1. The molecule has 0 spiro atoms. The average Bonchev–Trinajstić information content (AvgIpc) is 2.46. The van der Waals surface area contributed by atoms with Crippen LogP contribution < -0.4 is 5.32 Å². The maximum atomic E-state index is 11.8. The Morgan fingerprint density at radius 3 is 2.95 bits per heavy atom. The van der Waals surface area contributed by atoms with Crippen LogP contribution in [0, 0.1) is 11.3 Å². The third kappa shape index (κ3) is 5.08. The highest BCUT2D eigenvalue weighted by Gasteiger charge is 2.15. The number of nitrogens with one attached hydrogen (secondary N) is 1. The molecule has 0 fully saturated rings. The number of nitrogens with zero attached hydrogens (tertiary/aromatic N) is 1. The van der Waals surface area contributed by atoms with Crippen LogP contribution in [0.5, 0.6) is 0 Å². The number of hydrogen-bond acceptors (Lipinski definition) is 4. The first kappa shape index (κ1) is 16.3. The molecule has 0 aliphatic heterocycles. The van der Waals surface area contributed by atoms with Gasteiger partial charge in [0.05, 0.1) is 18.2 Å². The number of aliphatic hydroxyl groups excluding tert-OH is 1. The summed E-state index contributed by atoms with van der Waals surface area (Å²) in [7, 11) is 0. The van der Waals surface area contributed by atoms with Crippen LogP contribution >= 0.6 is 11.8 Å². The lowest BCUT2D eigenvalue weighted by molar-refractivity contribution is -0.117. The fourth-order valence-corrected chi connectivity index (χ4v) is 2.31. The minimum absolute atomic E-state index is 0.0192. The summed E-state index contributed by atoms with van der Waals surface area (Å²) in [6, 6.07) is 8.96. The third-order valence-corrected chi connectivity index (χ3v) is 4.02. The second-order valence-corrected chi connectivity index (χ2v) is 5.40. The van der Waals surface area contributed by atoms with Gasteiger partial charge in [0, 0.05) is 17.4 Å². The number of hydrogen-bond donors (Lipinski definition) is 2. The molecule has 1 rings (SSSR count). The van der Waals surface area contributed by atoms with Crippen LogP contribution in [0.3, 0.4) is 0 Å². The largest absolute Gasteiger partial charge is 0.395 e. The maximum Gasteiger partial charge on any atom is 0.244 e. The fraction of sp³-hybridized carbons (Fsp3) is 0.333.